The minimum absolute atomic E-state index is 0.0360. The maximum atomic E-state index is 13.5. The summed E-state index contributed by atoms with van der Waals surface area (Å²) in [6, 6.07) is 9.72. The van der Waals surface area contributed by atoms with Crippen LogP contribution in [0.4, 0.5) is 0 Å². The van der Waals surface area contributed by atoms with Gasteiger partial charge in [-0.15, -0.1) is 11.3 Å². The number of hydrogen-bond acceptors (Lipinski definition) is 5. The van der Waals surface area contributed by atoms with Crippen LogP contribution in [0.15, 0.2) is 36.1 Å². The SMILES string of the molecule is Cc1sc(-c2ccc(Cl)cc2)cc1C1=C(OC(=O)C(C)C)[C@H]2C3CCC(O3)[C@H]2C1=O. The van der Waals surface area contributed by atoms with Crippen molar-refractivity contribution >= 4 is 40.3 Å². The summed E-state index contributed by atoms with van der Waals surface area (Å²) in [4.78, 5) is 28.1. The molecular formula is C24H23ClO4S. The highest BCUT2D eigenvalue weighted by Crippen LogP contribution is 2.55. The lowest BCUT2D eigenvalue weighted by Crippen LogP contribution is -2.30. The molecule has 3 aliphatic rings. The Labute approximate surface area is 184 Å². The number of carbonyl (C=O) groups is 2. The Kier molecular flexibility index (Phi) is 4.88. The Morgan fingerprint density at radius 2 is 1.83 bits per heavy atom. The number of aryl methyl sites for hydroxylation is 1. The van der Waals surface area contributed by atoms with Gasteiger partial charge in [0.2, 0.25) is 0 Å². The van der Waals surface area contributed by atoms with Crippen molar-refractivity contribution in [2.75, 3.05) is 0 Å². The maximum absolute atomic E-state index is 13.5. The van der Waals surface area contributed by atoms with Gasteiger partial charge in [-0.05, 0) is 43.5 Å². The van der Waals surface area contributed by atoms with Crippen LogP contribution in [-0.4, -0.2) is 24.0 Å². The minimum atomic E-state index is -0.301. The second-order valence-corrected chi connectivity index (χ2v) is 10.3. The predicted molar refractivity (Wildman–Crippen MR) is 117 cm³/mol. The molecule has 2 unspecified atom stereocenters. The number of fused-ring (bicyclic) bond motifs is 5. The number of hydrogen-bond donors (Lipinski definition) is 0. The van der Waals surface area contributed by atoms with Gasteiger partial charge in [-0.3, -0.25) is 9.59 Å². The number of Topliss-reactive ketones (excluding diaryl/α,β-unsaturated/α-hetero) is 1. The van der Waals surface area contributed by atoms with Crippen LogP contribution in [0, 0.1) is 24.7 Å². The summed E-state index contributed by atoms with van der Waals surface area (Å²) in [5.41, 5.74) is 2.50. The molecule has 1 aliphatic carbocycles. The van der Waals surface area contributed by atoms with E-state index in [2.05, 4.69) is 0 Å². The first kappa shape index (κ1) is 20.0. The second-order valence-electron chi connectivity index (χ2n) is 8.61. The van der Waals surface area contributed by atoms with Gasteiger partial charge in [0.15, 0.2) is 5.78 Å². The Balaban J connectivity index is 1.61. The Hall–Kier alpha value is -1.95. The van der Waals surface area contributed by atoms with Crippen molar-refractivity contribution in [3.05, 3.63) is 51.6 Å². The van der Waals surface area contributed by atoms with Crippen molar-refractivity contribution in [1.82, 2.24) is 0 Å². The number of benzene rings is 1. The summed E-state index contributed by atoms with van der Waals surface area (Å²) in [6.07, 6.45) is 1.71. The van der Waals surface area contributed by atoms with Crippen LogP contribution in [0.1, 0.15) is 37.1 Å². The molecule has 2 fully saturated rings. The van der Waals surface area contributed by atoms with Crippen LogP contribution in [-0.2, 0) is 19.1 Å². The van der Waals surface area contributed by atoms with E-state index in [0.717, 1.165) is 33.7 Å². The molecule has 1 aromatic carbocycles. The average Bonchev–Trinajstić information content (AvgIpc) is 3.46. The van der Waals surface area contributed by atoms with E-state index in [1.54, 1.807) is 11.3 Å². The van der Waals surface area contributed by atoms with Gasteiger partial charge in [0.1, 0.15) is 5.76 Å². The van der Waals surface area contributed by atoms with E-state index in [4.69, 9.17) is 21.1 Å². The van der Waals surface area contributed by atoms with E-state index in [0.29, 0.717) is 16.4 Å². The summed E-state index contributed by atoms with van der Waals surface area (Å²) in [5.74, 6) is -0.355. The first-order chi connectivity index (χ1) is 14.3. The molecule has 0 N–H and O–H groups in total. The van der Waals surface area contributed by atoms with Crippen molar-refractivity contribution in [1.29, 1.82) is 0 Å². The van der Waals surface area contributed by atoms with Crippen molar-refractivity contribution in [3.63, 3.8) is 0 Å². The second kappa shape index (κ2) is 7.33. The fraction of sp³-hybridized carbons (Fsp3) is 0.417. The van der Waals surface area contributed by atoms with Gasteiger partial charge in [-0.1, -0.05) is 37.6 Å². The van der Waals surface area contributed by atoms with E-state index in [1.165, 1.54) is 0 Å². The lowest BCUT2D eigenvalue weighted by atomic mass is 9.80. The normalized spacial score (nSPS) is 27.3. The van der Waals surface area contributed by atoms with Gasteiger partial charge in [0.25, 0.3) is 0 Å². The molecule has 4 atom stereocenters. The predicted octanol–water partition coefficient (Wildman–Crippen LogP) is 5.66. The van der Waals surface area contributed by atoms with E-state index in [9.17, 15) is 9.59 Å². The highest BCUT2D eigenvalue weighted by molar-refractivity contribution is 7.15. The van der Waals surface area contributed by atoms with Crippen LogP contribution >= 0.6 is 22.9 Å². The molecule has 0 radical (unpaired) electrons. The molecule has 4 nitrogen and oxygen atoms in total. The van der Waals surface area contributed by atoms with Crippen LogP contribution in [0.25, 0.3) is 16.0 Å². The summed E-state index contributed by atoms with van der Waals surface area (Å²) in [5, 5.41) is 0.687. The van der Waals surface area contributed by atoms with E-state index >= 15 is 0 Å². The zero-order valence-corrected chi connectivity index (χ0v) is 18.7. The monoisotopic (exact) mass is 442 g/mol. The smallest absolute Gasteiger partial charge is 0.313 e. The summed E-state index contributed by atoms with van der Waals surface area (Å²) >= 11 is 7.66. The summed E-state index contributed by atoms with van der Waals surface area (Å²) < 4.78 is 11.9. The summed E-state index contributed by atoms with van der Waals surface area (Å²) in [7, 11) is 0. The standard InChI is InChI=1S/C24H23ClO4S/c1-11(2)24(27)29-23-19(22(26)20-16-8-9-17(28-16)21(20)23)15-10-18(30-12(15)3)13-4-6-14(25)7-5-13/h4-7,10-11,16-17,20-21H,8-9H2,1-3H3/t16?,17?,20-,21+/m1/s1. The van der Waals surface area contributed by atoms with Crippen molar-refractivity contribution < 1.29 is 19.1 Å². The first-order valence-electron chi connectivity index (χ1n) is 10.4. The van der Waals surface area contributed by atoms with Gasteiger partial charge in [0.05, 0.1) is 35.5 Å². The molecule has 6 heteroatoms. The number of allylic oxidation sites excluding steroid dienone is 1. The van der Waals surface area contributed by atoms with Crippen LogP contribution in [0.2, 0.25) is 5.02 Å². The third-order valence-corrected chi connectivity index (χ3v) is 7.72. The van der Waals surface area contributed by atoms with Gasteiger partial charge >= 0.3 is 5.97 Å². The van der Waals surface area contributed by atoms with Crippen LogP contribution in [0.3, 0.4) is 0 Å². The van der Waals surface area contributed by atoms with E-state index in [-0.39, 0.29) is 41.7 Å². The number of halogens is 1. The van der Waals surface area contributed by atoms with Gasteiger partial charge < -0.3 is 9.47 Å². The topological polar surface area (TPSA) is 52.6 Å². The number of ether oxygens (including phenoxy) is 2. The fourth-order valence-corrected chi connectivity index (χ4v) is 6.05. The molecule has 3 heterocycles. The van der Waals surface area contributed by atoms with Crippen molar-refractivity contribution in [3.8, 4) is 10.4 Å². The fourth-order valence-electron chi connectivity index (χ4n) is 4.90. The zero-order valence-electron chi connectivity index (χ0n) is 17.1. The molecule has 1 aromatic heterocycles. The van der Waals surface area contributed by atoms with Gasteiger partial charge in [-0.2, -0.15) is 0 Å². The van der Waals surface area contributed by atoms with E-state index in [1.807, 2.05) is 51.1 Å². The molecular weight excluding hydrogens is 420 g/mol. The Morgan fingerprint density at radius 1 is 1.17 bits per heavy atom. The minimum Gasteiger partial charge on any atom is -0.430 e. The molecule has 2 aliphatic heterocycles. The lowest BCUT2D eigenvalue weighted by molar-refractivity contribution is -0.144. The van der Waals surface area contributed by atoms with E-state index < -0.39 is 0 Å². The van der Waals surface area contributed by atoms with Crippen molar-refractivity contribution in [2.24, 2.45) is 17.8 Å². The zero-order chi connectivity index (χ0) is 21.2. The molecule has 2 aromatic rings. The maximum Gasteiger partial charge on any atom is 0.313 e. The highest BCUT2D eigenvalue weighted by atomic mass is 35.5. The molecule has 0 spiro atoms. The number of thiophene rings is 1. The first-order valence-corrected chi connectivity index (χ1v) is 11.6. The Bertz CT molecular complexity index is 1070. The largest absolute Gasteiger partial charge is 0.430 e. The number of rotatable bonds is 4. The van der Waals surface area contributed by atoms with Crippen molar-refractivity contribution in [2.45, 2.75) is 45.8 Å². The third-order valence-electron chi connectivity index (χ3n) is 6.37. The average molecular weight is 443 g/mol. The number of carbonyl (C=O) groups excluding carboxylic acids is 2. The Morgan fingerprint density at radius 3 is 2.50 bits per heavy atom. The van der Waals surface area contributed by atoms with Crippen LogP contribution in [0.5, 0.6) is 0 Å². The molecule has 30 heavy (non-hydrogen) atoms. The lowest BCUT2D eigenvalue weighted by Gasteiger charge is -2.22. The highest BCUT2D eigenvalue weighted by Gasteiger charge is 2.60. The summed E-state index contributed by atoms with van der Waals surface area (Å²) in [6.45, 7) is 5.63. The molecule has 5 rings (SSSR count). The van der Waals surface area contributed by atoms with Gasteiger partial charge in [-0.25, -0.2) is 0 Å². The number of ketones is 1. The number of esters is 1. The van der Waals surface area contributed by atoms with Crippen LogP contribution < -0.4 is 0 Å². The molecule has 156 valence electrons. The quantitative estimate of drug-likeness (QED) is 0.573. The third kappa shape index (κ3) is 3.06. The van der Waals surface area contributed by atoms with Gasteiger partial charge in [0, 0.05) is 20.3 Å². The molecule has 0 saturated carbocycles. The molecule has 2 bridgehead atoms. The molecule has 2 saturated heterocycles. The molecule has 0 amide bonds.